The average molecular weight is 382 g/mol. The van der Waals surface area contributed by atoms with Crippen LogP contribution >= 0.6 is 0 Å². The molecule has 0 aromatic heterocycles. The Hall–Kier alpha value is -1.02. The third-order valence-electron chi connectivity index (χ3n) is 2.22. The third kappa shape index (κ3) is 3.74. The lowest BCUT2D eigenvalue weighted by atomic mass is 10.0. The molecule has 0 aromatic rings. The zero-order valence-electron chi connectivity index (χ0n) is 10.1. The van der Waals surface area contributed by atoms with Crippen LogP contribution in [0.3, 0.4) is 0 Å². The summed E-state index contributed by atoms with van der Waals surface area (Å²) in [5.74, 6) is -27.4. The van der Waals surface area contributed by atoms with E-state index >= 15 is 0 Å². The second-order valence-corrected chi connectivity index (χ2v) is 3.94. The van der Waals surface area contributed by atoms with Gasteiger partial charge in [0.1, 0.15) is 6.61 Å². The average Bonchev–Trinajstić information content (AvgIpc) is 2.35. The van der Waals surface area contributed by atoms with Crippen molar-refractivity contribution in [2.24, 2.45) is 0 Å². The van der Waals surface area contributed by atoms with E-state index < -0.39 is 49.3 Å². The Balaban J connectivity index is 5.54. The molecule has 0 spiro atoms. The quantitative estimate of drug-likeness (QED) is 0.555. The van der Waals surface area contributed by atoms with Crippen LogP contribution in [0.15, 0.2) is 0 Å². The molecule has 0 saturated carbocycles. The first kappa shape index (κ1) is 22.0. The Morgan fingerprint density at radius 3 is 1.30 bits per heavy atom. The Labute approximate surface area is 117 Å². The van der Waals surface area contributed by atoms with Crippen LogP contribution in [0.1, 0.15) is 0 Å². The van der Waals surface area contributed by atoms with E-state index in [2.05, 4.69) is 4.74 Å². The molecule has 0 amide bonds. The van der Waals surface area contributed by atoms with Crippen LogP contribution in [0, 0.1) is 0 Å². The van der Waals surface area contributed by atoms with Crippen LogP contribution in [-0.4, -0.2) is 49.3 Å². The van der Waals surface area contributed by atoms with Gasteiger partial charge in [-0.2, -0.15) is 43.9 Å². The highest BCUT2D eigenvalue weighted by atomic mass is 19.4. The Kier molecular flexibility index (Phi) is 5.85. The lowest BCUT2D eigenvalue weighted by molar-refractivity contribution is -0.441. The van der Waals surface area contributed by atoms with Crippen molar-refractivity contribution in [1.82, 2.24) is 0 Å². The van der Waals surface area contributed by atoms with Crippen molar-refractivity contribution in [3.8, 4) is 0 Å². The molecular weight excluding hydrogens is 378 g/mol. The predicted octanol–water partition coefficient (Wildman–Crippen LogP) is 4.67. The standard InChI is InChI=1S/C8H4F14O/c9-2(10)4(13,14)1-23-8(21,22)7(19,20)6(17,18)5(15,16)3(11)12/h2-3H,1H2. The Morgan fingerprint density at radius 1 is 0.609 bits per heavy atom. The van der Waals surface area contributed by atoms with E-state index in [0.717, 1.165) is 0 Å². The van der Waals surface area contributed by atoms with Crippen molar-refractivity contribution >= 4 is 0 Å². The molecule has 0 saturated heterocycles. The van der Waals surface area contributed by atoms with Crippen LogP contribution < -0.4 is 0 Å². The summed E-state index contributed by atoms with van der Waals surface area (Å²) in [5.41, 5.74) is 0. The van der Waals surface area contributed by atoms with Gasteiger partial charge in [-0.25, -0.2) is 17.6 Å². The van der Waals surface area contributed by atoms with E-state index in [1.165, 1.54) is 0 Å². The van der Waals surface area contributed by atoms with Gasteiger partial charge in [0.25, 0.3) is 0 Å². The van der Waals surface area contributed by atoms with Crippen LogP contribution in [0.5, 0.6) is 0 Å². The van der Waals surface area contributed by atoms with Gasteiger partial charge >= 0.3 is 42.6 Å². The summed E-state index contributed by atoms with van der Waals surface area (Å²) < 4.78 is 174. The first-order valence-electron chi connectivity index (χ1n) is 4.94. The molecule has 0 bridgehead atoms. The van der Waals surface area contributed by atoms with E-state index in [-0.39, 0.29) is 0 Å². The maximum Gasteiger partial charge on any atom is 0.426 e. The maximum atomic E-state index is 12.7. The maximum absolute atomic E-state index is 12.7. The van der Waals surface area contributed by atoms with Gasteiger partial charge in [-0.1, -0.05) is 0 Å². The highest BCUT2D eigenvalue weighted by Crippen LogP contribution is 2.54. The van der Waals surface area contributed by atoms with Gasteiger partial charge in [0.05, 0.1) is 0 Å². The molecule has 15 heteroatoms. The fourth-order valence-corrected chi connectivity index (χ4v) is 0.870. The lowest BCUT2D eigenvalue weighted by Crippen LogP contribution is -2.65. The topological polar surface area (TPSA) is 9.23 Å². The summed E-state index contributed by atoms with van der Waals surface area (Å²) in [7, 11) is 0. The molecule has 1 nitrogen and oxygen atoms in total. The van der Waals surface area contributed by atoms with Crippen molar-refractivity contribution in [3.05, 3.63) is 0 Å². The summed E-state index contributed by atoms with van der Waals surface area (Å²) in [5, 5.41) is 0. The molecule has 0 aliphatic heterocycles. The summed E-state index contributed by atoms with van der Waals surface area (Å²) >= 11 is 0. The van der Waals surface area contributed by atoms with Crippen LogP contribution in [0.2, 0.25) is 0 Å². The minimum Gasteiger partial charge on any atom is -0.309 e. The monoisotopic (exact) mass is 382 g/mol. The second-order valence-electron chi connectivity index (χ2n) is 3.94. The summed E-state index contributed by atoms with van der Waals surface area (Å²) in [6.07, 6.45) is -17.2. The fraction of sp³-hybridized carbons (Fsp3) is 1.00. The first-order chi connectivity index (χ1) is 9.84. The zero-order chi connectivity index (χ0) is 19.1. The van der Waals surface area contributed by atoms with Crippen molar-refractivity contribution in [2.75, 3.05) is 6.61 Å². The molecule has 0 rings (SSSR count). The van der Waals surface area contributed by atoms with Crippen molar-refractivity contribution in [1.29, 1.82) is 0 Å². The minimum absolute atomic E-state index is 2.21. The number of halogens is 14. The van der Waals surface area contributed by atoms with Crippen molar-refractivity contribution < 1.29 is 66.2 Å². The molecule has 0 unspecified atom stereocenters. The predicted molar refractivity (Wildman–Crippen MR) is 42.7 cm³/mol. The molecule has 0 atom stereocenters. The SMILES string of the molecule is FC(F)C(F)(F)COC(F)(F)C(F)(F)C(F)(F)C(F)(F)C(F)F. The number of alkyl halides is 14. The summed E-state index contributed by atoms with van der Waals surface area (Å²) in [6.45, 7) is -3.27. The number of hydrogen-bond acceptors (Lipinski definition) is 1. The molecule has 0 N–H and O–H groups in total. The van der Waals surface area contributed by atoms with Gasteiger partial charge in [0.2, 0.25) is 0 Å². The second kappa shape index (κ2) is 6.12. The summed E-state index contributed by atoms with van der Waals surface area (Å²) in [6, 6.07) is 0. The molecule has 0 aromatic carbocycles. The number of rotatable bonds is 8. The molecule has 140 valence electrons. The first-order valence-corrected chi connectivity index (χ1v) is 4.94. The van der Waals surface area contributed by atoms with Gasteiger partial charge in [0, 0.05) is 0 Å². The van der Waals surface area contributed by atoms with Crippen LogP contribution in [0.25, 0.3) is 0 Å². The molecule has 0 radical (unpaired) electrons. The van der Waals surface area contributed by atoms with Gasteiger partial charge < -0.3 is 4.74 Å². The normalized spacial score (nSPS) is 15.7. The van der Waals surface area contributed by atoms with Crippen LogP contribution in [-0.2, 0) is 4.74 Å². The van der Waals surface area contributed by atoms with E-state index in [9.17, 15) is 61.5 Å². The Bertz CT molecular complexity index is 402. The molecular formula is C8H4F14O. The summed E-state index contributed by atoms with van der Waals surface area (Å²) in [4.78, 5) is 0. The third-order valence-corrected chi connectivity index (χ3v) is 2.22. The van der Waals surface area contributed by atoms with E-state index in [0.29, 0.717) is 0 Å². The molecule has 0 heterocycles. The number of ether oxygens (including phenoxy) is 1. The van der Waals surface area contributed by atoms with Crippen molar-refractivity contribution in [2.45, 2.75) is 42.6 Å². The van der Waals surface area contributed by atoms with Gasteiger partial charge in [-0.05, 0) is 0 Å². The highest BCUT2D eigenvalue weighted by molar-refractivity contribution is 5.02. The fourth-order valence-electron chi connectivity index (χ4n) is 0.870. The minimum atomic E-state index is -7.46. The largest absolute Gasteiger partial charge is 0.426 e. The van der Waals surface area contributed by atoms with Crippen LogP contribution in [0.4, 0.5) is 61.5 Å². The van der Waals surface area contributed by atoms with Gasteiger partial charge in [0.15, 0.2) is 0 Å². The van der Waals surface area contributed by atoms with E-state index in [1.807, 2.05) is 0 Å². The van der Waals surface area contributed by atoms with Crippen molar-refractivity contribution in [3.63, 3.8) is 0 Å². The molecule has 0 aliphatic carbocycles. The Morgan fingerprint density at radius 2 is 1.00 bits per heavy atom. The lowest BCUT2D eigenvalue weighted by Gasteiger charge is -2.36. The molecule has 0 aliphatic rings. The smallest absolute Gasteiger partial charge is 0.309 e. The van der Waals surface area contributed by atoms with Gasteiger partial charge in [-0.3, -0.25) is 0 Å². The molecule has 0 fully saturated rings. The van der Waals surface area contributed by atoms with Gasteiger partial charge in [-0.15, -0.1) is 0 Å². The van der Waals surface area contributed by atoms with E-state index in [1.54, 1.807) is 0 Å². The molecule has 23 heavy (non-hydrogen) atoms. The van der Waals surface area contributed by atoms with E-state index in [4.69, 9.17) is 0 Å². The zero-order valence-corrected chi connectivity index (χ0v) is 10.1. The highest BCUT2D eigenvalue weighted by Gasteiger charge is 2.84. The number of hydrogen-bond donors (Lipinski definition) is 0.